The van der Waals surface area contributed by atoms with Crippen molar-refractivity contribution >= 4 is 11.4 Å². The lowest BCUT2D eigenvalue weighted by Crippen LogP contribution is -2.21. The monoisotopic (exact) mass is 272 g/mol. The lowest BCUT2D eigenvalue weighted by molar-refractivity contribution is 0.476. The summed E-state index contributed by atoms with van der Waals surface area (Å²) < 4.78 is 5.68. The summed E-state index contributed by atoms with van der Waals surface area (Å²) in [7, 11) is 0. The summed E-state index contributed by atoms with van der Waals surface area (Å²) in [5.74, 6) is 2.02. The number of benzene rings is 1. The van der Waals surface area contributed by atoms with Gasteiger partial charge in [0.1, 0.15) is 11.5 Å². The second kappa shape index (κ2) is 7.04. The maximum absolute atomic E-state index is 5.68. The number of furan rings is 1. The SMILES string of the molecule is CCc1ccc(CNc2ccc(N(CC)CC)cc2)o1. The minimum Gasteiger partial charge on any atom is -0.464 e. The van der Waals surface area contributed by atoms with E-state index < -0.39 is 0 Å². The Hall–Kier alpha value is -1.90. The van der Waals surface area contributed by atoms with Gasteiger partial charge < -0.3 is 14.6 Å². The third-order valence-electron chi connectivity index (χ3n) is 3.53. The van der Waals surface area contributed by atoms with Gasteiger partial charge in [0.25, 0.3) is 0 Å². The molecule has 0 aliphatic carbocycles. The van der Waals surface area contributed by atoms with E-state index in [1.165, 1.54) is 5.69 Å². The summed E-state index contributed by atoms with van der Waals surface area (Å²) >= 11 is 0. The van der Waals surface area contributed by atoms with Gasteiger partial charge in [-0.05, 0) is 50.2 Å². The lowest BCUT2D eigenvalue weighted by atomic mass is 10.2. The Labute approximate surface area is 121 Å². The maximum atomic E-state index is 5.68. The fourth-order valence-corrected chi connectivity index (χ4v) is 2.28. The van der Waals surface area contributed by atoms with Gasteiger partial charge in [-0.3, -0.25) is 0 Å². The smallest absolute Gasteiger partial charge is 0.123 e. The zero-order valence-corrected chi connectivity index (χ0v) is 12.6. The van der Waals surface area contributed by atoms with Crippen LogP contribution in [0.15, 0.2) is 40.8 Å². The van der Waals surface area contributed by atoms with Crippen molar-refractivity contribution in [3.8, 4) is 0 Å². The highest BCUT2D eigenvalue weighted by molar-refractivity contribution is 5.55. The van der Waals surface area contributed by atoms with Gasteiger partial charge in [0.15, 0.2) is 0 Å². The van der Waals surface area contributed by atoms with Crippen LogP contribution in [0.3, 0.4) is 0 Å². The third-order valence-corrected chi connectivity index (χ3v) is 3.53. The topological polar surface area (TPSA) is 28.4 Å². The van der Waals surface area contributed by atoms with Crippen LogP contribution in [-0.4, -0.2) is 13.1 Å². The van der Waals surface area contributed by atoms with E-state index in [-0.39, 0.29) is 0 Å². The van der Waals surface area contributed by atoms with Crippen LogP contribution in [0.2, 0.25) is 0 Å². The van der Waals surface area contributed by atoms with E-state index in [0.29, 0.717) is 0 Å². The second-order valence-electron chi connectivity index (χ2n) is 4.79. The van der Waals surface area contributed by atoms with Gasteiger partial charge in [0, 0.05) is 30.9 Å². The number of aryl methyl sites for hydroxylation is 1. The molecule has 0 saturated heterocycles. The Morgan fingerprint density at radius 3 is 2.10 bits per heavy atom. The van der Waals surface area contributed by atoms with E-state index in [9.17, 15) is 0 Å². The quantitative estimate of drug-likeness (QED) is 0.814. The van der Waals surface area contributed by atoms with Crippen molar-refractivity contribution < 1.29 is 4.42 Å². The average molecular weight is 272 g/mol. The van der Waals surface area contributed by atoms with E-state index in [0.717, 1.165) is 43.3 Å². The Balaban J connectivity index is 1.93. The summed E-state index contributed by atoms with van der Waals surface area (Å²) in [6.07, 6.45) is 0.943. The third kappa shape index (κ3) is 3.56. The van der Waals surface area contributed by atoms with Crippen molar-refractivity contribution in [3.05, 3.63) is 47.9 Å². The average Bonchev–Trinajstić information content (AvgIpc) is 2.96. The highest BCUT2D eigenvalue weighted by Gasteiger charge is 2.03. The molecule has 0 spiro atoms. The van der Waals surface area contributed by atoms with Gasteiger partial charge in [-0.25, -0.2) is 0 Å². The molecule has 0 fully saturated rings. The molecule has 3 heteroatoms. The molecule has 1 heterocycles. The number of rotatable bonds is 7. The molecule has 20 heavy (non-hydrogen) atoms. The van der Waals surface area contributed by atoms with E-state index >= 15 is 0 Å². The van der Waals surface area contributed by atoms with Crippen LogP contribution in [-0.2, 0) is 13.0 Å². The molecule has 0 atom stereocenters. The number of nitrogens with one attached hydrogen (secondary N) is 1. The van der Waals surface area contributed by atoms with Crippen molar-refractivity contribution in [2.45, 2.75) is 33.7 Å². The van der Waals surface area contributed by atoms with Crippen molar-refractivity contribution in [3.63, 3.8) is 0 Å². The Morgan fingerprint density at radius 1 is 0.900 bits per heavy atom. The van der Waals surface area contributed by atoms with Crippen molar-refractivity contribution in [1.82, 2.24) is 0 Å². The van der Waals surface area contributed by atoms with E-state index in [1.807, 2.05) is 12.1 Å². The Bertz CT molecular complexity index is 512. The van der Waals surface area contributed by atoms with Crippen molar-refractivity contribution in [2.75, 3.05) is 23.3 Å². The highest BCUT2D eigenvalue weighted by atomic mass is 16.3. The predicted octanol–water partition coefficient (Wildman–Crippen LogP) is 4.30. The van der Waals surface area contributed by atoms with Crippen LogP contribution in [0.5, 0.6) is 0 Å². The normalized spacial score (nSPS) is 10.6. The van der Waals surface area contributed by atoms with Crippen molar-refractivity contribution in [2.24, 2.45) is 0 Å². The molecule has 0 radical (unpaired) electrons. The first-order valence-corrected chi connectivity index (χ1v) is 7.43. The van der Waals surface area contributed by atoms with Crippen molar-refractivity contribution in [1.29, 1.82) is 0 Å². The van der Waals surface area contributed by atoms with Crippen LogP contribution in [0.25, 0.3) is 0 Å². The molecular formula is C17H24N2O. The molecule has 0 amide bonds. The van der Waals surface area contributed by atoms with Gasteiger partial charge in [-0.1, -0.05) is 6.92 Å². The molecule has 0 bridgehead atoms. The minimum atomic E-state index is 0.727. The molecule has 0 aliphatic rings. The number of anilines is 2. The molecule has 2 aromatic rings. The van der Waals surface area contributed by atoms with Crippen LogP contribution >= 0.6 is 0 Å². The first-order chi connectivity index (χ1) is 9.76. The van der Waals surface area contributed by atoms with E-state index in [4.69, 9.17) is 4.42 Å². The van der Waals surface area contributed by atoms with Gasteiger partial charge in [-0.2, -0.15) is 0 Å². The fourth-order valence-electron chi connectivity index (χ4n) is 2.28. The van der Waals surface area contributed by atoms with Crippen LogP contribution in [0, 0.1) is 0 Å². The molecule has 3 nitrogen and oxygen atoms in total. The summed E-state index contributed by atoms with van der Waals surface area (Å²) in [5, 5.41) is 3.39. The second-order valence-corrected chi connectivity index (χ2v) is 4.79. The molecule has 0 aliphatic heterocycles. The van der Waals surface area contributed by atoms with Gasteiger partial charge >= 0.3 is 0 Å². The standard InChI is InChI=1S/C17H24N2O/c1-4-16-11-12-17(20-16)13-18-14-7-9-15(10-8-14)19(5-2)6-3/h7-12,18H,4-6,13H2,1-3H3. The molecule has 1 aromatic carbocycles. The first-order valence-electron chi connectivity index (χ1n) is 7.43. The van der Waals surface area contributed by atoms with Gasteiger partial charge in [0.2, 0.25) is 0 Å². The predicted molar refractivity (Wildman–Crippen MR) is 85.4 cm³/mol. The van der Waals surface area contributed by atoms with Crippen LogP contribution < -0.4 is 10.2 Å². The zero-order chi connectivity index (χ0) is 14.4. The number of hydrogen-bond acceptors (Lipinski definition) is 3. The molecule has 2 rings (SSSR count). The summed E-state index contributed by atoms with van der Waals surface area (Å²) in [6.45, 7) is 9.26. The lowest BCUT2D eigenvalue weighted by Gasteiger charge is -2.21. The number of hydrogen-bond donors (Lipinski definition) is 1. The summed E-state index contributed by atoms with van der Waals surface area (Å²) in [6, 6.07) is 12.6. The molecule has 0 unspecified atom stereocenters. The van der Waals surface area contributed by atoms with Gasteiger partial charge in [0.05, 0.1) is 6.54 Å². The Kier molecular flexibility index (Phi) is 5.10. The van der Waals surface area contributed by atoms with Gasteiger partial charge in [-0.15, -0.1) is 0 Å². The largest absolute Gasteiger partial charge is 0.464 e. The Morgan fingerprint density at radius 2 is 1.55 bits per heavy atom. The summed E-state index contributed by atoms with van der Waals surface area (Å²) in [5.41, 5.74) is 2.39. The molecule has 1 aromatic heterocycles. The maximum Gasteiger partial charge on any atom is 0.123 e. The molecule has 1 N–H and O–H groups in total. The number of nitrogens with zero attached hydrogens (tertiary/aromatic N) is 1. The highest BCUT2D eigenvalue weighted by Crippen LogP contribution is 2.18. The molecule has 0 saturated carbocycles. The minimum absolute atomic E-state index is 0.727. The fraction of sp³-hybridized carbons (Fsp3) is 0.412. The van der Waals surface area contributed by atoms with Crippen LogP contribution in [0.1, 0.15) is 32.3 Å². The molecule has 108 valence electrons. The summed E-state index contributed by atoms with van der Waals surface area (Å²) in [4.78, 5) is 2.34. The first kappa shape index (κ1) is 14.5. The molecular weight excluding hydrogens is 248 g/mol. The van der Waals surface area contributed by atoms with Crippen LogP contribution in [0.4, 0.5) is 11.4 Å². The zero-order valence-electron chi connectivity index (χ0n) is 12.6. The van der Waals surface area contributed by atoms with E-state index in [2.05, 4.69) is 55.3 Å². The van der Waals surface area contributed by atoms with E-state index in [1.54, 1.807) is 0 Å².